The molecular weight excluding hydrogens is 220 g/mol. The highest BCUT2D eigenvalue weighted by molar-refractivity contribution is 6.26. The number of carbonyl (C=O) groups excluding carboxylic acids is 2. The molecule has 0 aromatic heterocycles. The maximum Gasteiger partial charge on any atom is 0.258 e. The summed E-state index contributed by atoms with van der Waals surface area (Å²) in [5.74, 6) is -0.896. The Labute approximate surface area is 95.4 Å². The highest BCUT2D eigenvalue weighted by atomic mass is 16.3. The molecule has 1 aliphatic rings. The van der Waals surface area contributed by atoms with E-state index >= 15 is 0 Å². The van der Waals surface area contributed by atoms with Gasteiger partial charge in [-0.25, -0.2) is 0 Å². The van der Waals surface area contributed by atoms with Crippen molar-refractivity contribution < 1.29 is 9.59 Å². The molecule has 0 aliphatic carbocycles. The summed E-state index contributed by atoms with van der Waals surface area (Å²) < 4.78 is 0. The molecule has 82 valence electrons. The largest absolute Gasteiger partial charge is 0.288 e. The maximum absolute atomic E-state index is 11.6. The number of rotatable bonds is 1. The van der Waals surface area contributed by atoms with Gasteiger partial charge in [-0.05, 0) is 23.4 Å². The first-order valence-electron chi connectivity index (χ1n) is 4.97. The van der Waals surface area contributed by atoms with Gasteiger partial charge < -0.3 is 0 Å². The molecule has 0 atom stereocenters. The molecule has 2 aromatic carbocycles. The second-order valence-electron chi connectivity index (χ2n) is 3.73. The lowest BCUT2D eigenvalue weighted by atomic mass is 9.94. The van der Waals surface area contributed by atoms with Crippen LogP contribution in [-0.4, -0.2) is 11.8 Å². The minimum absolute atomic E-state index is 0.230. The van der Waals surface area contributed by atoms with Gasteiger partial charge in [-0.1, -0.05) is 12.1 Å². The fraction of sp³-hybridized carbons (Fsp3) is 0. The standard InChI is InChI=1S/C12H6N2O3/c15-11-7-3-1-2-6-9(14-17)5-4-8(10(6)7)12(16)13-11/h1-5H,(H,13,15,16). The van der Waals surface area contributed by atoms with Crippen molar-refractivity contribution in [1.82, 2.24) is 5.32 Å². The van der Waals surface area contributed by atoms with Crippen molar-refractivity contribution in [2.24, 2.45) is 5.18 Å². The smallest absolute Gasteiger partial charge is 0.258 e. The molecule has 0 bridgehead atoms. The van der Waals surface area contributed by atoms with E-state index in [0.717, 1.165) is 0 Å². The van der Waals surface area contributed by atoms with Crippen LogP contribution in [0.25, 0.3) is 10.8 Å². The van der Waals surface area contributed by atoms with Crippen LogP contribution < -0.4 is 5.32 Å². The van der Waals surface area contributed by atoms with Crippen LogP contribution in [-0.2, 0) is 0 Å². The number of hydrogen-bond acceptors (Lipinski definition) is 4. The quantitative estimate of drug-likeness (QED) is 0.597. The molecule has 1 heterocycles. The van der Waals surface area contributed by atoms with Crippen molar-refractivity contribution in [3.8, 4) is 0 Å². The first-order valence-corrected chi connectivity index (χ1v) is 4.97. The van der Waals surface area contributed by atoms with Gasteiger partial charge in [0.2, 0.25) is 0 Å². The second kappa shape index (κ2) is 3.21. The minimum atomic E-state index is -0.448. The molecule has 0 unspecified atom stereocenters. The van der Waals surface area contributed by atoms with Crippen LogP contribution >= 0.6 is 0 Å². The summed E-state index contributed by atoms with van der Waals surface area (Å²) in [5, 5.41) is 6.17. The van der Waals surface area contributed by atoms with Crippen molar-refractivity contribution in [3.05, 3.63) is 46.4 Å². The number of carbonyl (C=O) groups is 2. The predicted molar refractivity (Wildman–Crippen MR) is 61.2 cm³/mol. The molecule has 3 rings (SSSR count). The zero-order valence-corrected chi connectivity index (χ0v) is 8.56. The lowest BCUT2D eigenvalue weighted by Crippen LogP contribution is -2.34. The summed E-state index contributed by atoms with van der Waals surface area (Å²) in [6.07, 6.45) is 0. The van der Waals surface area contributed by atoms with Crippen molar-refractivity contribution in [3.63, 3.8) is 0 Å². The van der Waals surface area contributed by atoms with Crippen LogP contribution in [0.15, 0.2) is 35.5 Å². The lowest BCUT2D eigenvalue weighted by molar-refractivity contribution is 0.0845. The Kier molecular flexibility index (Phi) is 1.82. The topological polar surface area (TPSA) is 75.6 Å². The molecular formula is C12H6N2O3. The van der Waals surface area contributed by atoms with Crippen molar-refractivity contribution in [2.75, 3.05) is 0 Å². The summed E-state index contributed by atoms with van der Waals surface area (Å²) in [6.45, 7) is 0. The molecule has 5 heteroatoms. The van der Waals surface area contributed by atoms with Crippen LogP contribution in [0, 0.1) is 4.91 Å². The first-order chi connectivity index (χ1) is 8.22. The molecule has 2 aromatic rings. The van der Waals surface area contributed by atoms with Gasteiger partial charge in [-0.2, -0.15) is 0 Å². The molecule has 2 amide bonds. The Morgan fingerprint density at radius 1 is 0.941 bits per heavy atom. The normalized spacial score (nSPS) is 13.6. The summed E-state index contributed by atoms with van der Waals surface area (Å²) in [7, 11) is 0. The van der Waals surface area contributed by atoms with Gasteiger partial charge >= 0.3 is 0 Å². The fourth-order valence-electron chi connectivity index (χ4n) is 2.09. The molecule has 0 saturated heterocycles. The van der Waals surface area contributed by atoms with Gasteiger partial charge in [-0.15, -0.1) is 4.91 Å². The summed E-state index contributed by atoms with van der Waals surface area (Å²) in [6, 6.07) is 7.92. The average molecular weight is 226 g/mol. The Bertz CT molecular complexity index is 671. The highest BCUT2D eigenvalue weighted by Crippen LogP contribution is 2.32. The van der Waals surface area contributed by atoms with Crippen LogP contribution in [0.5, 0.6) is 0 Å². The van der Waals surface area contributed by atoms with E-state index in [1.807, 2.05) is 0 Å². The van der Waals surface area contributed by atoms with Crippen molar-refractivity contribution >= 4 is 28.3 Å². The van der Waals surface area contributed by atoms with Crippen LogP contribution in [0.2, 0.25) is 0 Å². The number of imide groups is 1. The van der Waals surface area contributed by atoms with Gasteiger partial charge in [0.25, 0.3) is 11.8 Å². The Balaban J connectivity index is 2.56. The number of hydrogen-bond donors (Lipinski definition) is 1. The number of nitrogens with zero attached hydrogens (tertiary/aromatic N) is 1. The van der Waals surface area contributed by atoms with Gasteiger partial charge in [0.1, 0.15) is 5.69 Å². The summed E-state index contributed by atoms with van der Waals surface area (Å²) in [5.41, 5.74) is 1.01. The van der Waals surface area contributed by atoms with Gasteiger partial charge in [0.15, 0.2) is 0 Å². The third-order valence-corrected chi connectivity index (χ3v) is 2.83. The third-order valence-electron chi connectivity index (χ3n) is 2.83. The highest BCUT2D eigenvalue weighted by Gasteiger charge is 2.25. The monoisotopic (exact) mass is 226 g/mol. The van der Waals surface area contributed by atoms with E-state index in [9.17, 15) is 14.5 Å². The Morgan fingerprint density at radius 3 is 2.35 bits per heavy atom. The number of amides is 2. The van der Waals surface area contributed by atoms with E-state index in [-0.39, 0.29) is 5.69 Å². The zero-order chi connectivity index (χ0) is 12.0. The zero-order valence-electron chi connectivity index (χ0n) is 8.56. The van der Waals surface area contributed by atoms with Gasteiger partial charge in [-0.3, -0.25) is 14.9 Å². The van der Waals surface area contributed by atoms with E-state index < -0.39 is 11.8 Å². The maximum atomic E-state index is 11.6. The Hall–Kier alpha value is -2.56. The lowest BCUT2D eigenvalue weighted by Gasteiger charge is -2.16. The predicted octanol–water partition coefficient (Wildman–Crippen LogP) is 2.12. The van der Waals surface area contributed by atoms with E-state index in [2.05, 4.69) is 10.5 Å². The molecule has 17 heavy (non-hydrogen) atoms. The van der Waals surface area contributed by atoms with Gasteiger partial charge in [0, 0.05) is 21.9 Å². The molecule has 5 nitrogen and oxygen atoms in total. The SMILES string of the molecule is O=Nc1ccc2c3c(cccc13)C(=O)NC2=O. The molecule has 0 spiro atoms. The van der Waals surface area contributed by atoms with E-state index in [1.54, 1.807) is 18.2 Å². The van der Waals surface area contributed by atoms with Crippen molar-refractivity contribution in [1.29, 1.82) is 0 Å². The first kappa shape index (κ1) is 9.65. The minimum Gasteiger partial charge on any atom is -0.288 e. The van der Waals surface area contributed by atoms with Crippen LogP contribution in [0.1, 0.15) is 20.7 Å². The molecule has 1 aliphatic heterocycles. The summed E-state index contributed by atoms with van der Waals surface area (Å²) >= 11 is 0. The number of nitroso groups, excluding NO2 is 1. The van der Waals surface area contributed by atoms with E-state index in [4.69, 9.17) is 0 Å². The summed E-state index contributed by atoms with van der Waals surface area (Å²) in [4.78, 5) is 34.0. The van der Waals surface area contributed by atoms with Gasteiger partial charge in [0.05, 0.1) is 0 Å². The fourth-order valence-corrected chi connectivity index (χ4v) is 2.09. The molecule has 1 N–H and O–H groups in total. The number of benzene rings is 2. The average Bonchev–Trinajstić information content (AvgIpc) is 2.35. The molecule has 0 radical (unpaired) electrons. The van der Waals surface area contributed by atoms with Crippen molar-refractivity contribution in [2.45, 2.75) is 0 Å². The van der Waals surface area contributed by atoms with E-state index in [0.29, 0.717) is 21.9 Å². The van der Waals surface area contributed by atoms with Crippen LogP contribution in [0.3, 0.4) is 0 Å². The second-order valence-corrected chi connectivity index (χ2v) is 3.73. The molecule has 0 saturated carbocycles. The number of nitrogens with one attached hydrogen (secondary N) is 1. The molecule has 0 fully saturated rings. The third kappa shape index (κ3) is 1.19. The van der Waals surface area contributed by atoms with E-state index in [1.165, 1.54) is 12.1 Å². The Morgan fingerprint density at radius 2 is 1.65 bits per heavy atom. The van der Waals surface area contributed by atoms with Crippen LogP contribution in [0.4, 0.5) is 5.69 Å².